The van der Waals surface area contributed by atoms with Gasteiger partial charge >= 0.3 is 0 Å². The molecule has 0 spiro atoms. The minimum Gasteiger partial charge on any atom is -0.374 e. The summed E-state index contributed by atoms with van der Waals surface area (Å²) in [4.78, 5) is 0. The average Bonchev–Trinajstić information content (AvgIpc) is 2.26. The minimum absolute atomic E-state index is 0.323. The molecule has 1 aliphatic carbocycles. The van der Waals surface area contributed by atoms with E-state index in [0.29, 0.717) is 18.2 Å². The Morgan fingerprint density at radius 1 is 1.11 bits per heavy atom. The predicted octanol–water partition coefficient (Wildman–Crippen LogP) is 3.85. The van der Waals surface area contributed by atoms with E-state index in [9.17, 15) is 0 Å². The van der Waals surface area contributed by atoms with Gasteiger partial charge in [-0.1, -0.05) is 41.0 Å². The highest BCUT2D eigenvalue weighted by atomic mass is 16.5. The molecule has 0 aromatic carbocycles. The van der Waals surface area contributed by atoms with Crippen molar-refractivity contribution in [1.82, 2.24) is 5.32 Å². The predicted molar refractivity (Wildman–Crippen MR) is 78.8 cm³/mol. The normalized spacial score (nSPS) is 31.0. The van der Waals surface area contributed by atoms with Crippen LogP contribution in [-0.2, 0) is 4.74 Å². The Balaban J connectivity index is 2.44. The van der Waals surface area contributed by atoms with Crippen LogP contribution in [-0.4, -0.2) is 24.8 Å². The molecule has 0 heterocycles. The fourth-order valence-electron chi connectivity index (χ4n) is 3.02. The van der Waals surface area contributed by atoms with Gasteiger partial charge in [-0.2, -0.15) is 0 Å². The molecule has 0 radical (unpaired) electrons. The van der Waals surface area contributed by atoms with Crippen LogP contribution in [0.15, 0.2) is 0 Å². The summed E-state index contributed by atoms with van der Waals surface area (Å²) >= 11 is 0. The van der Waals surface area contributed by atoms with E-state index in [0.717, 1.165) is 24.3 Å². The van der Waals surface area contributed by atoms with Gasteiger partial charge in [0.15, 0.2) is 0 Å². The van der Waals surface area contributed by atoms with Gasteiger partial charge in [-0.15, -0.1) is 0 Å². The second kappa shape index (κ2) is 7.49. The van der Waals surface area contributed by atoms with Gasteiger partial charge in [0.2, 0.25) is 0 Å². The topological polar surface area (TPSA) is 21.3 Å². The molecule has 0 aromatic heterocycles. The second-order valence-electron chi connectivity index (χ2n) is 6.87. The van der Waals surface area contributed by atoms with Crippen LogP contribution in [0.1, 0.15) is 60.8 Å². The quantitative estimate of drug-likeness (QED) is 0.778. The molecule has 0 bridgehead atoms. The lowest BCUT2D eigenvalue weighted by Crippen LogP contribution is -2.40. The highest BCUT2D eigenvalue weighted by Gasteiger charge is 2.32. The van der Waals surface area contributed by atoms with Crippen molar-refractivity contribution in [2.24, 2.45) is 17.8 Å². The Hall–Kier alpha value is -0.0800. The second-order valence-corrected chi connectivity index (χ2v) is 6.87. The molecular formula is C16H33NO. The molecule has 4 atom stereocenters. The summed E-state index contributed by atoms with van der Waals surface area (Å²) in [6.07, 6.45) is 4.76. The van der Waals surface area contributed by atoms with Crippen LogP contribution in [0.4, 0.5) is 0 Å². The summed E-state index contributed by atoms with van der Waals surface area (Å²) in [7, 11) is 0. The van der Waals surface area contributed by atoms with E-state index in [2.05, 4.69) is 46.9 Å². The average molecular weight is 255 g/mol. The maximum absolute atomic E-state index is 6.32. The van der Waals surface area contributed by atoms with Crippen molar-refractivity contribution < 1.29 is 4.74 Å². The van der Waals surface area contributed by atoms with E-state index in [4.69, 9.17) is 4.74 Å². The molecule has 1 rings (SSSR count). The van der Waals surface area contributed by atoms with Crippen molar-refractivity contribution in [3.05, 3.63) is 0 Å². The first-order valence-corrected chi connectivity index (χ1v) is 7.79. The van der Waals surface area contributed by atoms with Crippen molar-refractivity contribution >= 4 is 0 Å². The fraction of sp³-hybridized carbons (Fsp3) is 1.00. The summed E-state index contributed by atoms with van der Waals surface area (Å²) in [6, 6.07) is 0.544. The van der Waals surface area contributed by atoms with E-state index in [1.165, 1.54) is 19.3 Å². The van der Waals surface area contributed by atoms with Gasteiger partial charge in [0, 0.05) is 12.6 Å². The molecule has 1 fully saturated rings. The monoisotopic (exact) mass is 255 g/mol. The first-order chi connectivity index (χ1) is 8.40. The maximum Gasteiger partial charge on any atom is 0.0675 e. The molecule has 1 saturated carbocycles. The smallest absolute Gasteiger partial charge is 0.0675 e. The van der Waals surface area contributed by atoms with Crippen LogP contribution in [0.25, 0.3) is 0 Å². The van der Waals surface area contributed by atoms with Crippen molar-refractivity contribution in [3.63, 3.8) is 0 Å². The molecule has 2 heteroatoms. The molecule has 0 aromatic rings. The van der Waals surface area contributed by atoms with E-state index in [1.807, 2.05) is 0 Å². The largest absolute Gasteiger partial charge is 0.374 e. The molecule has 1 aliphatic rings. The Morgan fingerprint density at radius 3 is 2.33 bits per heavy atom. The Bertz CT molecular complexity index is 227. The zero-order chi connectivity index (χ0) is 13.7. The number of nitrogens with one attached hydrogen (secondary N) is 1. The molecule has 1 N–H and O–H groups in total. The fourth-order valence-corrected chi connectivity index (χ4v) is 3.02. The molecule has 2 nitrogen and oxygen atoms in total. The van der Waals surface area contributed by atoms with E-state index in [1.54, 1.807) is 0 Å². The van der Waals surface area contributed by atoms with Gasteiger partial charge in [0.05, 0.1) is 12.2 Å². The molecule has 18 heavy (non-hydrogen) atoms. The van der Waals surface area contributed by atoms with Crippen LogP contribution in [0.2, 0.25) is 0 Å². The lowest BCUT2D eigenvalue weighted by Gasteiger charge is -2.38. The van der Waals surface area contributed by atoms with E-state index < -0.39 is 0 Å². The first-order valence-electron chi connectivity index (χ1n) is 7.79. The summed E-state index contributed by atoms with van der Waals surface area (Å²) in [5.41, 5.74) is 0. The van der Waals surface area contributed by atoms with E-state index >= 15 is 0 Å². The summed E-state index contributed by atoms with van der Waals surface area (Å²) in [6.45, 7) is 14.6. The molecule has 0 aliphatic heterocycles. The molecular weight excluding hydrogens is 222 g/mol. The highest BCUT2D eigenvalue weighted by Crippen LogP contribution is 2.35. The Morgan fingerprint density at radius 2 is 1.78 bits per heavy atom. The van der Waals surface area contributed by atoms with Gasteiger partial charge in [-0.25, -0.2) is 0 Å². The van der Waals surface area contributed by atoms with Crippen LogP contribution in [0, 0.1) is 17.8 Å². The van der Waals surface area contributed by atoms with E-state index in [-0.39, 0.29) is 0 Å². The van der Waals surface area contributed by atoms with Crippen molar-refractivity contribution in [1.29, 1.82) is 0 Å². The van der Waals surface area contributed by atoms with Gasteiger partial charge in [-0.05, 0) is 37.5 Å². The molecule has 4 unspecified atom stereocenters. The zero-order valence-corrected chi connectivity index (χ0v) is 13.2. The van der Waals surface area contributed by atoms with Gasteiger partial charge in [0.25, 0.3) is 0 Å². The van der Waals surface area contributed by atoms with Crippen molar-refractivity contribution in [2.75, 3.05) is 6.54 Å². The third-order valence-electron chi connectivity index (χ3n) is 4.18. The van der Waals surface area contributed by atoms with Crippen molar-refractivity contribution in [3.8, 4) is 0 Å². The zero-order valence-electron chi connectivity index (χ0n) is 13.2. The molecule has 0 amide bonds. The van der Waals surface area contributed by atoms with Gasteiger partial charge in [-0.3, -0.25) is 0 Å². The number of hydrogen-bond donors (Lipinski definition) is 1. The summed E-state index contributed by atoms with van der Waals surface area (Å²) < 4.78 is 6.32. The van der Waals surface area contributed by atoms with Crippen LogP contribution in [0.5, 0.6) is 0 Å². The third kappa shape index (κ3) is 5.27. The lowest BCUT2D eigenvalue weighted by atomic mass is 9.75. The number of ether oxygens (including phenoxy) is 1. The molecule has 0 saturated heterocycles. The van der Waals surface area contributed by atoms with Crippen molar-refractivity contribution in [2.45, 2.75) is 79.1 Å². The van der Waals surface area contributed by atoms with Crippen LogP contribution < -0.4 is 5.32 Å². The standard InChI is InChI=1S/C16H33NO/c1-11(2)15-8-7-13(5)9-16(15)18-14(6)10-17-12(3)4/h11-17H,7-10H2,1-6H3. The number of rotatable bonds is 6. The van der Waals surface area contributed by atoms with Gasteiger partial charge < -0.3 is 10.1 Å². The minimum atomic E-state index is 0.323. The summed E-state index contributed by atoms with van der Waals surface area (Å²) in [5.74, 6) is 2.32. The highest BCUT2D eigenvalue weighted by molar-refractivity contribution is 4.82. The maximum atomic E-state index is 6.32. The number of hydrogen-bond acceptors (Lipinski definition) is 2. The van der Waals surface area contributed by atoms with Crippen LogP contribution in [0.3, 0.4) is 0 Å². The van der Waals surface area contributed by atoms with Gasteiger partial charge in [0.1, 0.15) is 0 Å². The van der Waals surface area contributed by atoms with Crippen LogP contribution >= 0.6 is 0 Å². The Labute approximate surface area is 114 Å². The first kappa shape index (κ1) is 16.0. The summed E-state index contributed by atoms with van der Waals surface area (Å²) in [5, 5.41) is 3.47. The Kier molecular flexibility index (Phi) is 6.65. The third-order valence-corrected chi connectivity index (χ3v) is 4.18. The lowest BCUT2D eigenvalue weighted by molar-refractivity contribution is -0.0730. The molecule has 108 valence electrons. The SMILES string of the molecule is CC1CCC(C(C)C)C(OC(C)CNC(C)C)C1.